The molecular formula is C18H21N3O4. The Hall–Kier alpha value is -2.67. The quantitative estimate of drug-likeness (QED) is 0.732. The Labute approximate surface area is 145 Å². The first-order valence-electron chi connectivity index (χ1n) is 8.33. The lowest BCUT2D eigenvalue weighted by atomic mass is 10.1. The topological polar surface area (TPSA) is 104 Å². The van der Waals surface area contributed by atoms with E-state index in [1.165, 1.54) is 0 Å². The Morgan fingerprint density at radius 2 is 2.00 bits per heavy atom. The van der Waals surface area contributed by atoms with Crippen molar-refractivity contribution < 1.29 is 19.8 Å². The van der Waals surface area contributed by atoms with Crippen LogP contribution >= 0.6 is 0 Å². The van der Waals surface area contributed by atoms with E-state index in [-0.39, 0.29) is 18.7 Å². The van der Waals surface area contributed by atoms with Gasteiger partial charge in [-0.25, -0.2) is 9.48 Å². The van der Waals surface area contributed by atoms with Crippen molar-refractivity contribution in [1.82, 2.24) is 15.1 Å². The monoisotopic (exact) mass is 343 g/mol. The van der Waals surface area contributed by atoms with Crippen molar-refractivity contribution in [3.05, 3.63) is 46.8 Å². The van der Waals surface area contributed by atoms with Crippen LogP contribution in [0.3, 0.4) is 0 Å². The molecular weight excluding hydrogens is 322 g/mol. The predicted molar refractivity (Wildman–Crippen MR) is 90.9 cm³/mol. The Kier molecular flexibility index (Phi) is 4.85. The molecule has 0 saturated carbocycles. The normalized spacial score (nSPS) is 14.2. The molecule has 2 aromatic rings. The summed E-state index contributed by atoms with van der Waals surface area (Å²) in [6, 6.07) is 6.75. The highest BCUT2D eigenvalue weighted by molar-refractivity contribution is 5.96. The number of hydrogen-bond donors (Lipinski definition) is 3. The molecule has 132 valence electrons. The molecule has 1 aromatic carbocycles. The summed E-state index contributed by atoms with van der Waals surface area (Å²) in [5.41, 5.74) is 4.18. The van der Waals surface area contributed by atoms with E-state index in [1.54, 1.807) is 4.68 Å². The van der Waals surface area contributed by atoms with E-state index in [1.807, 2.05) is 31.2 Å². The van der Waals surface area contributed by atoms with Crippen LogP contribution in [0.15, 0.2) is 24.3 Å². The van der Waals surface area contributed by atoms with E-state index < -0.39 is 17.9 Å². The van der Waals surface area contributed by atoms with E-state index in [2.05, 4.69) is 10.4 Å². The fourth-order valence-electron chi connectivity index (χ4n) is 3.13. The van der Waals surface area contributed by atoms with Crippen LogP contribution in [-0.4, -0.2) is 44.5 Å². The van der Waals surface area contributed by atoms with Gasteiger partial charge in [-0.1, -0.05) is 17.7 Å². The third-order valence-corrected chi connectivity index (χ3v) is 4.45. The number of carbonyl (C=O) groups excluding carboxylic acids is 1. The first-order chi connectivity index (χ1) is 12.0. The minimum absolute atomic E-state index is 0.0397. The number of aliphatic hydroxyl groups excluding tert-OH is 1. The fourth-order valence-corrected chi connectivity index (χ4v) is 3.13. The van der Waals surface area contributed by atoms with Gasteiger partial charge in [-0.2, -0.15) is 5.10 Å². The first kappa shape index (κ1) is 17.2. The zero-order valence-electron chi connectivity index (χ0n) is 14.0. The second-order valence-corrected chi connectivity index (χ2v) is 6.25. The molecule has 7 nitrogen and oxygen atoms in total. The van der Waals surface area contributed by atoms with Gasteiger partial charge < -0.3 is 15.5 Å². The Balaban J connectivity index is 1.92. The van der Waals surface area contributed by atoms with Crippen LogP contribution in [0.2, 0.25) is 0 Å². The molecule has 7 heteroatoms. The number of aryl methyl sites for hydroxylation is 1. The molecule has 0 unspecified atom stereocenters. The summed E-state index contributed by atoms with van der Waals surface area (Å²) in [5.74, 6) is -1.68. The molecule has 1 heterocycles. The number of aliphatic hydroxyl groups is 1. The van der Waals surface area contributed by atoms with Gasteiger partial charge in [-0.3, -0.25) is 4.79 Å². The van der Waals surface area contributed by atoms with Crippen molar-refractivity contribution in [2.45, 2.75) is 38.6 Å². The highest BCUT2D eigenvalue weighted by Crippen LogP contribution is 2.28. The van der Waals surface area contributed by atoms with Gasteiger partial charge in [0.2, 0.25) is 0 Å². The summed E-state index contributed by atoms with van der Waals surface area (Å²) in [4.78, 5) is 23.8. The van der Waals surface area contributed by atoms with Crippen molar-refractivity contribution in [2.24, 2.45) is 0 Å². The standard InChI is InChI=1S/C18H21N3O4/c1-11-5-7-12(8-6-11)21-15-4-2-3-13(15)16(20-21)17(23)19-14(9-10-22)18(24)25/h5-8,14,22H,2-4,9-10H2,1H3,(H,19,23)(H,24,25)/t14-/m0/s1. The van der Waals surface area contributed by atoms with Gasteiger partial charge in [0.25, 0.3) is 5.91 Å². The molecule has 1 amide bonds. The number of aliphatic carboxylic acids is 1. The van der Waals surface area contributed by atoms with E-state index in [9.17, 15) is 9.59 Å². The van der Waals surface area contributed by atoms with Crippen molar-refractivity contribution in [3.63, 3.8) is 0 Å². The maximum absolute atomic E-state index is 12.6. The number of carbonyl (C=O) groups is 2. The lowest BCUT2D eigenvalue weighted by molar-refractivity contribution is -0.139. The molecule has 25 heavy (non-hydrogen) atoms. The molecule has 1 aromatic heterocycles. The summed E-state index contributed by atoms with van der Waals surface area (Å²) < 4.78 is 1.78. The average Bonchev–Trinajstić information content (AvgIpc) is 3.17. The summed E-state index contributed by atoms with van der Waals surface area (Å²) in [7, 11) is 0. The van der Waals surface area contributed by atoms with Crippen molar-refractivity contribution in [1.29, 1.82) is 0 Å². The largest absolute Gasteiger partial charge is 0.480 e. The molecule has 0 saturated heterocycles. The Bertz CT molecular complexity index is 795. The molecule has 3 N–H and O–H groups in total. The van der Waals surface area contributed by atoms with Gasteiger partial charge in [0.1, 0.15) is 6.04 Å². The summed E-state index contributed by atoms with van der Waals surface area (Å²) in [5, 5.41) is 25.0. The molecule has 1 atom stereocenters. The highest BCUT2D eigenvalue weighted by atomic mass is 16.4. The van der Waals surface area contributed by atoms with Crippen LogP contribution in [0, 0.1) is 6.92 Å². The minimum Gasteiger partial charge on any atom is -0.480 e. The minimum atomic E-state index is -1.17. The van der Waals surface area contributed by atoms with Crippen LogP contribution in [0.25, 0.3) is 5.69 Å². The predicted octanol–water partition coefficient (Wildman–Crippen LogP) is 1.23. The summed E-state index contributed by atoms with van der Waals surface area (Å²) in [6.45, 7) is 1.69. The zero-order valence-corrected chi connectivity index (χ0v) is 14.0. The molecule has 1 aliphatic rings. The Morgan fingerprint density at radius 1 is 1.28 bits per heavy atom. The highest BCUT2D eigenvalue weighted by Gasteiger charge is 2.29. The second kappa shape index (κ2) is 7.06. The van der Waals surface area contributed by atoms with Gasteiger partial charge in [0, 0.05) is 24.3 Å². The first-order valence-corrected chi connectivity index (χ1v) is 8.33. The number of aromatic nitrogens is 2. The number of benzene rings is 1. The van der Waals surface area contributed by atoms with Crippen LogP contribution < -0.4 is 5.32 Å². The van der Waals surface area contributed by atoms with Gasteiger partial charge in [0.15, 0.2) is 5.69 Å². The fraction of sp³-hybridized carbons (Fsp3) is 0.389. The van der Waals surface area contributed by atoms with Crippen LogP contribution in [0.1, 0.15) is 40.2 Å². The van der Waals surface area contributed by atoms with Gasteiger partial charge >= 0.3 is 5.97 Å². The lowest BCUT2D eigenvalue weighted by Gasteiger charge is -2.12. The van der Waals surface area contributed by atoms with Crippen LogP contribution in [0.5, 0.6) is 0 Å². The number of fused-ring (bicyclic) bond motifs is 1. The van der Waals surface area contributed by atoms with E-state index in [4.69, 9.17) is 10.2 Å². The summed E-state index contributed by atoms with van der Waals surface area (Å²) in [6.07, 6.45) is 2.49. The van der Waals surface area contributed by atoms with Gasteiger partial charge in [-0.15, -0.1) is 0 Å². The van der Waals surface area contributed by atoms with E-state index in [0.717, 1.165) is 41.8 Å². The number of rotatable bonds is 6. The zero-order chi connectivity index (χ0) is 18.0. The Morgan fingerprint density at radius 3 is 2.64 bits per heavy atom. The maximum atomic E-state index is 12.6. The molecule has 1 aliphatic carbocycles. The van der Waals surface area contributed by atoms with Crippen LogP contribution in [0.4, 0.5) is 0 Å². The number of amides is 1. The van der Waals surface area contributed by atoms with Crippen molar-refractivity contribution in [2.75, 3.05) is 6.61 Å². The molecule has 3 rings (SSSR count). The average molecular weight is 343 g/mol. The molecule has 0 fully saturated rings. The third kappa shape index (κ3) is 3.41. The number of hydrogen-bond acceptors (Lipinski definition) is 4. The van der Waals surface area contributed by atoms with E-state index >= 15 is 0 Å². The molecule has 0 spiro atoms. The third-order valence-electron chi connectivity index (χ3n) is 4.45. The lowest BCUT2D eigenvalue weighted by Crippen LogP contribution is -2.41. The number of nitrogens with one attached hydrogen (secondary N) is 1. The smallest absolute Gasteiger partial charge is 0.326 e. The van der Waals surface area contributed by atoms with Crippen molar-refractivity contribution in [3.8, 4) is 5.69 Å². The van der Waals surface area contributed by atoms with Gasteiger partial charge in [0.05, 0.1) is 5.69 Å². The number of nitrogens with zero attached hydrogens (tertiary/aromatic N) is 2. The SMILES string of the molecule is Cc1ccc(-n2nc(C(=O)N[C@@H](CCO)C(=O)O)c3c2CCC3)cc1. The molecule has 0 radical (unpaired) electrons. The van der Waals surface area contributed by atoms with E-state index in [0.29, 0.717) is 0 Å². The van der Waals surface area contributed by atoms with Crippen LogP contribution in [-0.2, 0) is 17.6 Å². The van der Waals surface area contributed by atoms with Gasteiger partial charge in [-0.05, 0) is 38.3 Å². The molecule has 0 bridgehead atoms. The summed E-state index contributed by atoms with van der Waals surface area (Å²) >= 11 is 0. The molecule has 0 aliphatic heterocycles. The number of carboxylic acids is 1. The number of carboxylic acid groups (broad SMARTS) is 1. The second-order valence-electron chi connectivity index (χ2n) is 6.25. The van der Waals surface area contributed by atoms with Crippen molar-refractivity contribution >= 4 is 11.9 Å². The maximum Gasteiger partial charge on any atom is 0.326 e.